The molecule has 5 amide bonds. The van der Waals surface area contributed by atoms with E-state index in [9.17, 15) is 19.2 Å². The van der Waals surface area contributed by atoms with Crippen molar-refractivity contribution in [3.05, 3.63) is 40.5 Å². The van der Waals surface area contributed by atoms with Gasteiger partial charge < -0.3 is 19.7 Å². The Bertz CT molecular complexity index is 1480. The third-order valence-electron chi connectivity index (χ3n) is 6.46. The monoisotopic (exact) mass is 538 g/mol. The Labute approximate surface area is 221 Å². The molecule has 13 heteroatoms. The zero-order chi connectivity index (χ0) is 27.2. The van der Waals surface area contributed by atoms with Gasteiger partial charge in [-0.25, -0.2) is 14.8 Å². The van der Waals surface area contributed by atoms with Gasteiger partial charge in [0.05, 0.1) is 42.3 Å². The fourth-order valence-electron chi connectivity index (χ4n) is 4.51. The first-order valence-corrected chi connectivity index (χ1v) is 12.7. The minimum atomic E-state index is -0.832. The van der Waals surface area contributed by atoms with Crippen LogP contribution < -0.4 is 25.4 Å². The quantitative estimate of drug-likeness (QED) is 0.405. The number of urea groups is 1. The number of pyridine rings is 1. The molecule has 198 valence electrons. The van der Waals surface area contributed by atoms with Gasteiger partial charge in [-0.3, -0.25) is 25.0 Å². The summed E-state index contributed by atoms with van der Waals surface area (Å²) in [5.41, 5.74) is 0.652. The van der Waals surface area contributed by atoms with E-state index in [0.717, 1.165) is 4.70 Å². The zero-order valence-electron chi connectivity index (χ0n) is 21.2. The van der Waals surface area contributed by atoms with Crippen molar-refractivity contribution in [1.29, 1.82) is 0 Å². The maximum absolute atomic E-state index is 12.9. The highest BCUT2D eigenvalue weighted by atomic mass is 32.1. The molecule has 3 N–H and O–H groups in total. The van der Waals surface area contributed by atoms with E-state index >= 15 is 0 Å². The Kier molecular flexibility index (Phi) is 6.39. The second kappa shape index (κ2) is 9.56. The molecule has 4 heterocycles. The maximum Gasteiger partial charge on any atom is 0.321 e. The number of thiazole rings is 1. The van der Waals surface area contributed by atoms with Crippen LogP contribution in [0.25, 0.3) is 10.2 Å². The Morgan fingerprint density at radius 1 is 1.16 bits per heavy atom. The third kappa shape index (κ3) is 4.60. The van der Waals surface area contributed by atoms with Gasteiger partial charge in [-0.2, -0.15) is 0 Å². The van der Waals surface area contributed by atoms with Crippen LogP contribution in [0, 0.1) is 0 Å². The van der Waals surface area contributed by atoms with Crippen molar-refractivity contribution in [3.8, 4) is 11.5 Å². The van der Waals surface area contributed by atoms with Crippen LogP contribution in [-0.4, -0.2) is 58.9 Å². The molecule has 2 aliphatic rings. The molecule has 0 saturated carbocycles. The largest absolute Gasteiger partial charge is 0.497 e. The number of methoxy groups -OCH3 is 2. The van der Waals surface area contributed by atoms with E-state index in [1.165, 1.54) is 22.3 Å². The van der Waals surface area contributed by atoms with Gasteiger partial charge in [-0.1, -0.05) is 0 Å². The van der Waals surface area contributed by atoms with Crippen LogP contribution in [0.5, 0.6) is 11.5 Å². The van der Waals surface area contributed by atoms with E-state index in [2.05, 4.69) is 20.9 Å². The smallest absolute Gasteiger partial charge is 0.321 e. The summed E-state index contributed by atoms with van der Waals surface area (Å²) in [4.78, 5) is 60.0. The molecular formula is C25H26N6O6S. The lowest BCUT2D eigenvalue weighted by molar-refractivity contribution is -0.136. The van der Waals surface area contributed by atoms with Crippen molar-refractivity contribution in [1.82, 2.24) is 25.5 Å². The molecule has 2 aromatic heterocycles. The number of piperidine rings is 1. The molecule has 0 aliphatic carbocycles. The molecular weight excluding hydrogens is 512 g/mol. The van der Waals surface area contributed by atoms with E-state index < -0.39 is 23.5 Å². The number of nitrogens with zero attached hydrogens (tertiary/aromatic N) is 3. The molecule has 5 rings (SSSR count). The van der Waals surface area contributed by atoms with Crippen molar-refractivity contribution in [2.24, 2.45) is 0 Å². The number of benzene rings is 1. The van der Waals surface area contributed by atoms with Crippen molar-refractivity contribution < 1.29 is 28.7 Å². The van der Waals surface area contributed by atoms with Crippen molar-refractivity contribution in [3.63, 3.8) is 0 Å². The minimum absolute atomic E-state index is 0.111. The van der Waals surface area contributed by atoms with Gasteiger partial charge >= 0.3 is 6.03 Å². The van der Waals surface area contributed by atoms with Gasteiger partial charge in [-0.05, 0) is 38.5 Å². The molecule has 1 fully saturated rings. The van der Waals surface area contributed by atoms with Gasteiger partial charge in [0.15, 0.2) is 0 Å². The van der Waals surface area contributed by atoms with Crippen LogP contribution in [0.4, 0.5) is 10.6 Å². The van der Waals surface area contributed by atoms with E-state index in [1.54, 1.807) is 26.4 Å². The van der Waals surface area contributed by atoms with E-state index in [4.69, 9.17) is 14.5 Å². The average Bonchev–Trinajstić information content (AvgIpc) is 3.45. The maximum atomic E-state index is 12.9. The molecule has 1 unspecified atom stereocenters. The summed E-state index contributed by atoms with van der Waals surface area (Å²) < 4.78 is 11.6. The number of rotatable bonds is 6. The molecule has 0 spiro atoms. The predicted octanol–water partition coefficient (Wildman–Crippen LogP) is 2.53. The van der Waals surface area contributed by atoms with Crippen LogP contribution in [0.15, 0.2) is 24.3 Å². The van der Waals surface area contributed by atoms with Gasteiger partial charge in [0.1, 0.15) is 33.9 Å². The Morgan fingerprint density at radius 3 is 2.66 bits per heavy atom. The summed E-state index contributed by atoms with van der Waals surface area (Å²) in [5.74, 6) is 0.301. The van der Waals surface area contributed by atoms with Crippen LogP contribution in [-0.2, 0) is 21.7 Å². The average molecular weight is 539 g/mol. The van der Waals surface area contributed by atoms with Gasteiger partial charge in [0, 0.05) is 12.5 Å². The highest BCUT2D eigenvalue weighted by Gasteiger charge is 2.40. The number of carbonyl (C=O) groups is 4. The van der Waals surface area contributed by atoms with Crippen LogP contribution >= 0.6 is 11.3 Å². The SMILES string of the molecule is COc1cc(OC)c2nc(C(C)(C)NC(=O)Nc3ccc4c(n3)CN(C3CCC(=O)NC3=O)C4=O)sc2c1. The lowest BCUT2D eigenvalue weighted by Gasteiger charge is -2.29. The number of fused-ring (bicyclic) bond motifs is 2. The van der Waals surface area contributed by atoms with Crippen LogP contribution in [0.2, 0.25) is 0 Å². The first kappa shape index (κ1) is 25.4. The summed E-state index contributed by atoms with van der Waals surface area (Å²) >= 11 is 1.42. The Morgan fingerprint density at radius 2 is 1.95 bits per heavy atom. The van der Waals surface area contributed by atoms with Crippen molar-refractivity contribution >= 4 is 51.1 Å². The van der Waals surface area contributed by atoms with E-state index in [1.807, 2.05) is 19.9 Å². The summed E-state index contributed by atoms with van der Waals surface area (Å²) in [5, 5.41) is 8.57. The number of imide groups is 1. The number of amides is 5. The molecule has 3 aromatic rings. The first-order chi connectivity index (χ1) is 18.1. The number of hydrogen-bond acceptors (Lipinski definition) is 9. The van der Waals surface area contributed by atoms with Gasteiger partial charge in [-0.15, -0.1) is 11.3 Å². The molecule has 38 heavy (non-hydrogen) atoms. The van der Waals surface area contributed by atoms with E-state index in [0.29, 0.717) is 33.3 Å². The summed E-state index contributed by atoms with van der Waals surface area (Å²) in [6.45, 7) is 3.78. The first-order valence-electron chi connectivity index (χ1n) is 11.9. The van der Waals surface area contributed by atoms with Gasteiger partial charge in [0.2, 0.25) is 11.8 Å². The molecule has 1 saturated heterocycles. The second-order valence-corrected chi connectivity index (χ2v) is 10.5. The number of aromatic nitrogens is 2. The van der Waals surface area contributed by atoms with Crippen LogP contribution in [0.1, 0.15) is 47.7 Å². The highest BCUT2D eigenvalue weighted by Crippen LogP contribution is 2.37. The van der Waals surface area contributed by atoms with Crippen molar-refractivity contribution in [2.75, 3.05) is 19.5 Å². The standard InChI is InChI=1S/C25H26N6O6S/c1-25(2,23-29-20-16(37-4)9-12(36-3)10-17(20)38-23)30-24(35)27-18-7-5-13-14(26-18)11-31(22(13)34)15-6-8-19(32)28-21(15)33/h5,7,9-10,15H,6,8,11H2,1-4H3,(H,28,32,33)(H2,26,27,30,35). The fourth-order valence-corrected chi connectivity index (χ4v) is 5.58. The summed E-state index contributed by atoms with van der Waals surface area (Å²) in [6.07, 6.45) is 0.430. The molecule has 2 aliphatic heterocycles. The minimum Gasteiger partial charge on any atom is -0.497 e. The number of anilines is 1. The van der Waals surface area contributed by atoms with E-state index in [-0.39, 0.29) is 37.0 Å². The third-order valence-corrected chi connectivity index (χ3v) is 7.79. The molecule has 1 atom stereocenters. The fraction of sp³-hybridized carbons (Fsp3) is 0.360. The molecule has 0 radical (unpaired) electrons. The Balaban J connectivity index is 1.29. The lowest BCUT2D eigenvalue weighted by Crippen LogP contribution is -2.52. The summed E-state index contributed by atoms with van der Waals surface area (Å²) in [6, 6.07) is 5.49. The topological polar surface area (TPSA) is 152 Å². The van der Waals surface area contributed by atoms with Crippen LogP contribution in [0.3, 0.4) is 0 Å². The number of hydrogen-bond donors (Lipinski definition) is 3. The summed E-state index contributed by atoms with van der Waals surface area (Å²) in [7, 11) is 3.14. The zero-order valence-corrected chi connectivity index (χ0v) is 22.0. The molecule has 0 bridgehead atoms. The van der Waals surface area contributed by atoms with Gasteiger partial charge in [0.25, 0.3) is 5.91 Å². The number of ether oxygens (including phenoxy) is 2. The predicted molar refractivity (Wildman–Crippen MR) is 138 cm³/mol. The Hall–Kier alpha value is -4.26. The number of carbonyl (C=O) groups excluding carboxylic acids is 4. The molecule has 12 nitrogen and oxygen atoms in total. The van der Waals surface area contributed by atoms with Crippen molar-refractivity contribution in [2.45, 2.75) is 44.8 Å². The lowest BCUT2D eigenvalue weighted by atomic mass is 10.0. The molecule has 1 aromatic carbocycles. The highest BCUT2D eigenvalue weighted by molar-refractivity contribution is 7.18. The second-order valence-electron chi connectivity index (χ2n) is 9.49. The normalized spacial score (nSPS) is 17.3. The number of nitrogens with one attached hydrogen (secondary N) is 3.